The van der Waals surface area contributed by atoms with Crippen LogP contribution in [0.3, 0.4) is 0 Å². The van der Waals surface area contributed by atoms with Crippen molar-refractivity contribution in [3.8, 4) is 0 Å². The Bertz CT molecular complexity index is 411. The molecule has 0 amide bonds. The quantitative estimate of drug-likeness (QED) is 0.606. The van der Waals surface area contributed by atoms with Gasteiger partial charge in [-0.05, 0) is 30.8 Å². The lowest BCUT2D eigenvalue weighted by molar-refractivity contribution is -0.143. The van der Waals surface area contributed by atoms with Gasteiger partial charge in [0, 0.05) is 12.3 Å². The first kappa shape index (κ1) is 18.3. The lowest BCUT2D eigenvalue weighted by Crippen LogP contribution is -2.55. The van der Waals surface area contributed by atoms with Crippen molar-refractivity contribution in [2.75, 3.05) is 0 Å². The highest BCUT2D eigenvalue weighted by Crippen LogP contribution is 2.51. The zero-order valence-electron chi connectivity index (χ0n) is 14.1. The van der Waals surface area contributed by atoms with Crippen LogP contribution in [0.1, 0.15) is 33.6 Å². The SMILES string of the molecule is C=CCC1C(C(C)(C)C)CC(=O)C1(O[SiH](C)C)C(O)C=C. The van der Waals surface area contributed by atoms with E-state index in [1.165, 1.54) is 6.08 Å². The second-order valence-corrected chi connectivity index (χ2v) is 9.70. The summed E-state index contributed by atoms with van der Waals surface area (Å²) >= 11 is 0. The maximum absolute atomic E-state index is 12.8. The van der Waals surface area contributed by atoms with E-state index >= 15 is 0 Å². The Kier molecular flexibility index (Phi) is 5.75. The van der Waals surface area contributed by atoms with Crippen molar-refractivity contribution >= 4 is 14.8 Å². The third-order valence-electron chi connectivity index (χ3n) is 4.50. The van der Waals surface area contributed by atoms with E-state index in [1.807, 2.05) is 19.2 Å². The van der Waals surface area contributed by atoms with Crippen molar-refractivity contribution in [3.63, 3.8) is 0 Å². The number of carbonyl (C=O) groups is 1. The van der Waals surface area contributed by atoms with Gasteiger partial charge in [0.25, 0.3) is 0 Å². The summed E-state index contributed by atoms with van der Waals surface area (Å²) in [5.74, 6) is 0.138. The van der Waals surface area contributed by atoms with Crippen molar-refractivity contribution in [2.24, 2.45) is 17.3 Å². The van der Waals surface area contributed by atoms with Gasteiger partial charge in [0.05, 0.1) is 0 Å². The van der Waals surface area contributed by atoms with Gasteiger partial charge in [-0.15, -0.1) is 13.2 Å². The summed E-state index contributed by atoms with van der Waals surface area (Å²) < 4.78 is 6.17. The number of allylic oxidation sites excluding steroid dienone is 1. The number of aliphatic hydroxyl groups excluding tert-OH is 1. The van der Waals surface area contributed by atoms with Crippen LogP contribution < -0.4 is 0 Å². The monoisotopic (exact) mass is 310 g/mol. The Hall–Kier alpha value is -0.713. The third-order valence-corrected chi connectivity index (χ3v) is 5.37. The summed E-state index contributed by atoms with van der Waals surface area (Å²) in [7, 11) is -1.51. The molecule has 120 valence electrons. The summed E-state index contributed by atoms with van der Waals surface area (Å²) in [5.41, 5.74) is -1.15. The van der Waals surface area contributed by atoms with Crippen LogP contribution in [-0.4, -0.2) is 31.6 Å². The van der Waals surface area contributed by atoms with Gasteiger partial charge in [-0.3, -0.25) is 4.79 Å². The molecular weight excluding hydrogens is 280 g/mol. The molecule has 1 rings (SSSR count). The first-order valence-corrected chi connectivity index (χ1v) is 10.5. The van der Waals surface area contributed by atoms with Gasteiger partial charge in [-0.2, -0.15) is 0 Å². The molecule has 0 aromatic carbocycles. The smallest absolute Gasteiger partial charge is 0.172 e. The maximum atomic E-state index is 12.8. The fourth-order valence-corrected chi connectivity index (χ4v) is 4.83. The van der Waals surface area contributed by atoms with E-state index in [0.717, 1.165) is 0 Å². The maximum Gasteiger partial charge on any atom is 0.172 e. The van der Waals surface area contributed by atoms with Crippen molar-refractivity contribution in [2.45, 2.75) is 58.4 Å². The fourth-order valence-electron chi connectivity index (χ4n) is 3.61. The predicted octanol–water partition coefficient (Wildman–Crippen LogP) is 3.10. The summed E-state index contributed by atoms with van der Waals surface area (Å²) in [4.78, 5) is 12.8. The van der Waals surface area contributed by atoms with Crippen molar-refractivity contribution in [1.82, 2.24) is 0 Å². The molecule has 0 aliphatic heterocycles. The molecule has 4 atom stereocenters. The molecule has 1 aliphatic carbocycles. The molecule has 4 unspecified atom stereocenters. The highest BCUT2D eigenvalue weighted by molar-refractivity contribution is 6.48. The summed E-state index contributed by atoms with van der Waals surface area (Å²) in [5, 5.41) is 10.5. The van der Waals surface area contributed by atoms with E-state index in [9.17, 15) is 9.90 Å². The number of hydrogen-bond acceptors (Lipinski definition) is 3. The van der Waals surface area contributed by atoms with Gasteiger partial charge in [0.15, 0.2) is 14.8 Å². The van der Waals surface area contributed by atoms with Crippen LogP contribution in [0.4, 0.5) is 0 Å². The van der Waals surface area contributed by atoms with E-state index in [2.05, 4.69) is 33.9 Å². The van der Waals surface area contributed by atoms with Crippen LogP contribution in [0.15, 0.2) is 25.3 Å². The summed E-state index contributed by atoms with van der Waals surface area (Å²) in [6.07, 6.45) is 3.43. The Balaban J connectivity index is 3.39. The highest BCUT2D eigenvalue weighted by atomic mass is 28.3. The molecule has 0 bridgehead atoms. The lowest BCUT2D eigenvalue weighted by atomic mass is 9.70. The fraction of sp³-hybridized carbons (Fsp3) is 0.706. The van der Waals surface area contributed by atoms with E-state index in [-0.39, 0.29) is 23.0 Å². The Morgan fingerprint density at radius 1 is 1.48 bits per heavy atom. The molecule has 0 saturated heterocycles. The lowest BCUT2D eigenvalue weighted by Gasteiger charge is -2.42. The molecule has 1 N–H and O–H groups in total. The number of ketones is 1. The number of carbonyl (C=O) groups excluding carboxylic acids is 1. The number of hydrogen-bond donors (Lipinski definition) is 1. The average molecular weight is 311 g/mol. The Morgan fingerprint density at radius 2 is 2.05 bits per heavy atom. The normalized spacial score (nSPS) is 31.5. The van der Waals surface area contributed by atoms with Gasteiger partial charge >= 0.3 is 0 Å². The van der Waals surface area contributed by atoms with Gasteiger partial charge in [-0.25, -0.2) is 0 Å². The second kappa shape index (κ2) is 6.59. The molecule has 21 heavy (non-hydrogen) atoms. The van der Waals surface area contributed by atoms with E-state index in [4.69, 9.17) is 4.43 Å². The average Bonchev–Trinajstić information content (AvgIpc) is 2.63. The van der Waals surface area contributed by atoms with Crippen LogP contribution in [-0.2, 0) is 9.22 Å². The zero-order valence-corrected chi connectivity index (χ0v) is 15.2. The van der Waals surface area contributed by atoms with Gasteiger partial charge in [0.2, 0.25) is 0 Å². The molecule has 1 saturated carbocycles. The van der Waals surface area contributed by atoms with E-state index in [0.29, 0.717) is 12.8 Å². The molecule has 1 aliphatic rings. The molecule has 0 aromatic rings. The first-order chi connectivity index (χ1) is 9.61. The van der Waals surface area contributed by atoms with Crippen LogP contribution in [0.5, 0.6) is 0 Å². The van der Waals surface area contributed by atoms with Gasteiger partial charge < -0.3 is 9.53 Å². The molecule has 0 heterocycles. The van der Waals surface area contributed by atoms with Crippen LogP contribution >= 0.6 is 0 Å². The molecule has 1 fully saturated rings. The molecule has 0 aromatic heterocycles. The summed E-state index contributed by atoms with van der Waals surface area (Å²) in [6.45, 7) is 18.0. The van der Waals surface area contributed by atoms with Crippen LogP contribution in [0.2, 0.25) is 13.1 Å². The minimum absolute atomic E-state index is 0.0166. The minimum Gasteiger partial charge on any atom is -0.405 e. The molecule has 0 radical (unpaired) electrons. The molecular formula is C17H30O3Si. The molecule has 3 nitrogen and oxygen atoms in total. The molecule has 4 heteroatoms. The summed E-state index contributed by atoms with van der Waals surface area (Å²) in [6, 6.07) is 0. The van der Waals surface area contributed by atoms with E-state index in [1.54, 1.807) is 0 Å². The first-order valence-electron chi connectivity index (χ1n) is 7.73. The van der Waals surface area contributed by atoms with Crippen LogP contribution in [0, 0.1) is 17.3 Å². The highest BCUT2D eigenvalue weighted by Gasteiger charge is 2.60. The number of Topliss-reactive ketones (excluding diaryl/α,β-unsaturated/α-hetero) is 1. The van der Waals surface area contributed by atoms with Crippen LogP contribution in [0.25, 0.3) is 0 Å². The topological polar surface area (TPSA) is 46.5 Å². The van der Waals surface area contributed by atoms with Crippen molar-refractivity contribution < 1.29 is 14.3 Å². The Morgan fingerprint density at radius 3 is 2.43 bits per heavy atom. The van der Waals surface area contributed by atoms with Crippen molar-refractivity contribution in [1.29, 1.82) is 0 Å². The van der Waals surface area contributed by atoms with Crippen molar-refractivity contribution in [3.05, 3.63) is 25.3 Å². The molecule has 0 spiro atoms. The predicted molar refractivity (Wildman–Crippen MR) is 89.8 cm³/mol. The van der Waals surface area contributed by atoms with Gasteiger partial charge in [0.1, 0.15) is 11.7 Å². The third kappa shape index (κ3) is 3.38. The Labute approximate surface area is 130 Å². The number of aliphatic hydroxyl groups is 1. The zero-order chi connectivity index (χ0) is 16.4. The standard InChI is InChI=1S/C17H30O3Si/c1-8-10-12-13(16(3,4)5)11-15(19)17(12,14(18)9-2)20-21(6)7/h8-9,12-14,18,21H,1-2,10-11H2,3-7H3. The van der Waals surface area contributed by atoms with Gasteiger partial charge in [-0.1, -0.05) is 32.9 Å². The minimum atomic E-state index is -1.51. The van der Waals surface area contributed by atoms with E-state index < -0.39 is 20.7 Å². The second-order valence-electron chi connectivity index (χ2n) is 7.37. The number of rotatable bonds is 6. The largest absolute Gasteiger partial charge is 0.405 e.